The fourth-order valence-electron chi connectivity index (χ4n) is 1.21. The van der Waals surface area contributed by atoms with Gasteiger partial charge in [-0.3, -0.25) is 5.10 Å². The summed E-state index contributed by atoms with van der Waals surface area (Å²) in [4.78, 5) is 0. The minimum absolute atomic E-state index is 0.509. The van der Waals surface area contributed by atoms with Crippen LogP contribution in [0.5, 0.6) is 0 Å². The molecule has 6 nitrogen and oxygen atoms in total. The van der Waals surface area contributed by atoms with Crippen molar-refractivity contribution in [1.29, 1.82) is 0 Å². The number of aromatic amines is 1. The minimum atomic E-state index is 0.509. The molecule has 0 fully saturated rings. The fraction of sp³-hybridized carbons (Fsp3) is 0.444. The summed E-state index contributed by atoms with van der Waals surface area (Å²) in [6, 6.07) is 0. The van der Waals surface area contributed by atoms with Crippen LogP contribution in [-0.2, 0) is 6.42 Å². The highest BCUT2D eigenvalue weighted by Gasteiger charge is 2.08. The predicted octanol–water partition coefficient (Wildman–Crippen LogP) is 0.612. The van der Waals surface area contributed by atoms with E-state index < -0.39 is 0 Å². The molecule has 0 unspecified atom stereocenters. The van der Waals surface area contributed by atoms with E-state index in [2.05, 4.69) is 32.6 Å². The molecule has 15 heavy (non-hydrogen) atoms. The van der Waals surface area contributed by atoms with Crippen LogP contribution in [0.25, 0.3) is 11.5 Å². The van der Waals surface area contributed by atoms with Crippen LogP contribution in [0.4, 0.5) is 0 Å². The molecule has 0 aliphatic heterocycles. The van der Waals surface area contributed by atoms with Gasteiger partial charge in [-0.15, -0.1) is 10.2 Å². The highest BCUT2D eigenvalue weighted by Crippen LogP contribution is 2.15. The summed E-state index contributed by atoms with van der Waals surface area (Å²) in [7, 11) is 0. The standard InChI is InChI=1S/C9H13N5O/c1-2-10-4-3-8-13-14-9(15-8)7-5-11-12-6-7/h5-6,10H,2-4H2,1H3,(H,11,12). The van der Waals surface area contributed by atoms with Gasteiger partial charge in [-0.05, 0) is 6.54 Å². The molecule has 0 aromatic carbocycles. The molecule has 2 rings (SSSR count). The Morgan fingerprint density at radius 1 is 1.47 bits per heavy atom. The number of likely N-dealkylation sites (N-methyl/N-ethyl adjacent to an activating group) is 1. The van der Waals surface area contributed by atoms with E-state index in [1.54, 1.807) is 12.4 Å². The topological polar surface area (TPSA) is 79.6 Å². The molecular weight excluding hydrogens is 194 g/mol. The Morgan fingerprint density at radius 3 is 3.13 bits per heavy atom. The van der Waals surface area contributed by atoms with Crippen molar-refractivity contribution in [3.05, 3.63) is 18.3 Å². The summed E-state index contributed by atoms with van der Waals surface area (Å²) < 4.78 is 5.45. The van der Waals surface area contributed by atoms with Gasteiger partial charge >= 0.3 is 0 Å². The van der Waals surface area contributed by atoms with Crippen molar-refractivity contribution in [1.82, 2.24) is 25.7 Å². The zero-order valence-corrected chi connectivity index (χ0v) is 8.53. The summed E-state index contributed by atoms with van der Waals surface area (Å²) >= 11 is 0. The first-order valence-electron chi connectivity index (χ1n) is 4.92. The third-order valence-corrected chi connectivity index (χ3v) is 1.98. The number of H-pyrrole nitrogens is 1. The van der Waals surface area contributed by atoms with Gasteiger partial charge in [0.25, 0.3) is 5.89 Å². The van der Waals surface area contributed by atoms with E-state index in [0.29, 0.717) is 11.8 Å². The summed E-state index contributed by atoms with van der Waals surface area (Å²) in [6.07, 6.45) is 4.13. The Balaban J connectivity index is 1.98. The maximum Gasteiger partial charge on any atom is 0.250 e. The smallest absolute Gasteiger partial charge is 0.250 e. The van der Waals surface area contributed by atoms with Crippen molar-refractivity contribution in [3.8, 4) is 11.5 Å². The number of nitrogens with zero attached hydrogens (tertiary/aromatic N) is 3. The molecule has 0 aliphatic rings. The predicted molar refractivity (Wildman–Crippen MR) is 54.1 cm³/mol. The molecule has 0 spiro atoms. The number of rotatable bonds is 5. The lowest BCUT2D eigenvalue weighted by Gasteiger charge is -1.95. The Labute approximate surface area is 87.1 Å². The normalized spacial score (nSPS) is 10.7. The van der Waals surface area contributed by atoms with Crippen LogP contribution < -0.4 is 5.32 Å². The second kappa shape index (κ2) is 4.70. The molecule has 0 saturated carbocycles. The van der Waals surface area contributed by atoms with E-state index >= 15 is 0 Å². The summed E-state index contributed by atoms with van der Waals surface area (Å²) in [5, 5.41) is 17.6. The van der Waals surface area contributed by atoms with Gasteiger partial charge in [0.15, 0.2) is 0 Å². The summed E-state index contributed by atoms with van der Waals surface area (Å²) in [5.41, 5.74) is 0.817. The van der Waals surface area contributed by atoms with E-state index in [9.17, 15) is 0 Å². The van der Waals surface area contributed by atoms with Gasteiger partial charge in [-0.2, -0.15) is 5.10 Å². The van der Waals surface area contributed by atoms with Crippen molar-refractivity contribution in [2.45, 2.75) is 13.3 Å². The average molecular weight is 207 g/mol. The molecule has 2 aromatic rings. The van der Waals surface area contributed by atoms with Crippen LogP contribution in [-0.4, -0.2) is 33.5 Å². The van der Waals surface area contributed by atoms with Gasteiger partial charge in [-0.1, -0.05) is 6.92 Å². The van der Waals surface area contributed by atoms with E-state index in [1.807, 2.05) is 0 Å². The van der Waals surface area contributed by atoms with Crippen LogP contribution in [0.1, 0.15) is 12.8 Å². The Morgan fingerprint density at radius 2 is 2.40 bits per heavy atom. The van der Waals surface area contributed by atoms with Crippen molar-refractivity contribution in [2.24, 2.45) is 0 Å². The first-order chi connectivity index (χ1) is 7.40. The first kappa shape index (κ1) is 9.85. The largest absolute Gasteiger partial charge is 0.421 e. The van der Waals surface area contributed by atoms with Crippen LogP contribution in [0, 0.1) is 0 Å². The van der Waals surface area contributed by atoms with Gasteiger partial charge < -0.3 is 9.73 Å². The number of aromatic nitrogens is 4. The van der Waals surface area contributed by atoms with Crippen molar-refractivity contribution in [3.63, 3.8) is 0 Å². The Kier molecular flexibility index (Phi) is 3.08. The van der Waals surface area contributed by atoms with Crippen LogP contribution in [0.15, 0.2) is 16.8 Å². The van der Waals surface area contributed by atoms with Crippen LogP contribution in [0.2, 0.25) is 0 Å². The monoisotopic (exact) mass is 207 g/mol. The molecule has 6 heteroatoms. The lowest BCUT2D eigenvalue weighted by Crippen LogP contribution is -2.16. The zero-order valence-electron chi connectivity index (χ0n) is 8.53. The van der Waals surface area contributed by atoms with Crippen LogP contribution in [0.3, 0.4) is 0 Å². The molecule has 2 N–H and O–H groups in total. The van der Waals surface area contributed by atoms with Gasteiger partial charge in [0.05, 0.1) is 11.8 Å². The highest BCUT2D eigenvalue weighted by molar-refractivity contribution is 5.48. The molecular formula is C9H13N5O. The Bertz CT molecular complexity index is 394. The Hall–Kier alpha value is -1.69. The molecule has 0 aliphatic carbocycles. The molecule has 0 radical (unpaired) electrons. The maximum absolute atomic E-state index is 5.45. The number of hydrogen-bond acceptors (Lipinski definition) is 5. The molecule has 80 valence electrons. The average Bonchev–Trinajstić information content (AvgIpc) is 2.87. The molecule has 0 atom stereocenters. The molecule has 0 saturated heterocycles. The van der Waals surface area contributed by atoms with E-state index in [4.69, 9.17) is 4.42 Å². The zero-order chi connectivity index (χ0) is 10.5. The number of hydrogen-bond donors (Lipinski definition) is 2. The minimum Gasteiger partial charge on any atom is -0.421 e. The second-order valence-electron chi connectivity index (χ2n) is 3.09. The SMILES string of the molecule is CCNCCc1nnc(-c2cn[nH]c2)o1. The third kappa shape index (κ3) is 2.41. The van der Waals surface area contributed by atoms with E-state index in [1.165, 1.54) is 0 Å². The van der Waals surface area contributed by atoms with Crippen LogP contribution >= 0.6 is 0 Å². The van der Waals surface area contributed by atoms with Gasteiger partial charge in [0.1, 0.15) is 0 Å². The number of nitrogens with one attached hydrogen (secondary N) is 2. The van der Waals surface area contributed by atoms with E-state index in [-0.39, 0.29) is 0 Å². The summed E-state index contributed by atoms with van der Waals surface area (Å²) in [6.45, 7) is 3.86. The van der Waals surface area contributed by atoms with Crippen molar-refractivity contribution in [2.75, 3.05) is 13.1 Å². The molecule has 0 bridgehead atoms. The summed E-state index contributed by atoms with van der Waals surface area (Å²) in [5.74, 6) is 1.15. The fourth-order valence-corrected chi connectivity index (χ4v) is 1.21. The molecule has 2 aromatic heterocycles. The quantitative estimate of drug-likeness (QED) is 0.702. The van der Waals surface area contributed by atoms with Crippen molar-refractivity contribution < 1.29 is 4.42 Å². The highest BCUT2D eigenvalue weighted by atomic mass is 16.4. The van der Waals surface area contributed by atoms with Crippen molar-refractivity contribution >= 4 is 0 Å². The van der Waals surface area contributed by atoms with Gasteiger partial charge in [0.2, 0.25) is 5.89 Å². The lowest BCUT2D eigenvalue weighted by atomic mass is 10.4. The van der Waals surface area contributed by atoms with Gasteiger partial charge in [-0.25, -0.2) is 0 Å². The third-order valence-electron chi connectivity index (χ3n) is 1.98. The van der Waals surface area contributed by atoms with Gasteiger partial charge in [0, 0.05) is 19.2 Å². The van der Waals surface area contributed by atoms with E-state index in [0.717, 1.165) is 25.1 Å². The second-order valence-corrected chi connectivity index (χ2v) is 3.09. The lowest BCUT2D eigenvalue weighted by molar-refractivity contribution is 0.496. The maximum atomic E-state index is 5.45. The molecule has 0 amide bonds. The molecule has 2 heterocycles. The first-order valence-corrected chi connectivity index (χ1v) is 4.92.